The minimum absolute atomic E-state index is 0.0184. The van der Waals surface area contributed by atoms with Crippen LogP contribution in [0.5, 0.6) is 0 Å². The number of anilines is 1. The minimum atomic E-state index is -0.0658. The molecule has 118 valence electrons. The summed E-state index contributed by atoms with van der Waals surface area (Å²) in [4.78, 5) is 29.0. The maximum atomic E-state index is 12.5. The van der Waals surface area contributed by atoms with Crippen molar-refractivity contribution in [2.45, 2.75) is 11.4 Å². The lowest BCUT2D eigenvalue weighted by Gasteiger charge is -2.30. The van der Waals surface area contributed by atoms with Crippen LogP contribution in [0.2, 0.25) is 0 Å². The van der Waals surface area contributed by atoms with Crippen LogP contribution in [0.25, 0.3) is 0 Å². The number of hydrogen-bond donors (Lipinski definition) is 0. The van der Waals surface area contributed by atoms with E-state index in [0.29, 0.717) is 12.3 Å². The van der Waals surface area contributed by atoms with Crippen molar-refractivity contribution in [2.75, 3.05) is 24.2 Å². The second-order valence-electron chi connectivity index (χ2n) is 5.47. The lowest BCUT2D eigenvalue weighted by Crippen LogP contribution is -2.43. The molecule has 0 N–H and O–H groups in total. The molecule has 3 rings (SSSR count). The topological polar surface area (TPSA) is 40.6 Å². The molecule has 4 nitrogen and oxygen atoms in total. The van der Waals surface area contributed by atoms with Crippen molar-refractivity contribution in [2.24, 2.45) is 0 Å². The average molecular weight is 326 g/mol. The zero-order valence-electron chi connectivity index (χ0n) is 12.9. The van der Waals surface area contributed by atoms with E-state index in [4.69, 9.17) is 0 Å². The highest BCUT2D eigenvalue weighted by Crippen LogP contribution is 2.34. The molecule has 5 heteroatoms. The lowest BCUT2D eigenvalue weighted by molar-refractivity contribution is -0.130. The monoisotopic (exact) mass is 326 g/mol. The molecule has 1 heterocycles. The van der Waals surface area contributed by atoms with Gasteiger partial charge in [-0.05, 0) is 17.7 Å². The van der Waals surface area contributed by atoms with Crippen LogP contribution in [0.4, 0.5) is 5.69 Å². The Morgan fingerprint density at radius 3 is 2.61 bits per heavy atom. The summed E-state index contributed by atoms with van der Waals surface area (Å²) in [7, 11) is 1.77. The van der Waals surface area contributed by atoms with E-state index in [1.165, 1.54) is 11.8 Å². The van der Waals surface area contributed by atoms with E-state index in [1.807, 2.05) is 54.6 Å². The fourth-order valence-corrected chi connectivity index (χ4v) is 3.46. The molecular formula is C18H18N2O2S. The second-order valence-corrected chi connectivity index (χ2v) is 6.49. The highest BCUT2D eigenvalue weighted by atomic mass is 32.2. The molecule has 0 aliphatic carbocycles. The Hall–Kier alpha value is -2.27. The molecule has 0 saturated heterocycles. The van der Waals surface area contributed by atoms with Crippen LogP contribution in [-0.4, -0.2) is 36.1 Å². The van der Waals surface area contributed by atoms with Gasteiger partial charge in [0.05, 0.1) is 11.4 Å². The number of carbonyl (C=O) groups is 2. The first-order valence-electron chi connectivity index (χ1n) is 7.45. The zero-order chi connectivity index (χ0) is 16.2. The van der Waals surface area contributed by atoms with E-state index in [2.05, 4.69) is 0 Å². The maximum Gasteiger partial charge on any atom is 0.242 e. The third-order valence-electron chi connectivity index (χ3n) is 3.79. The van der Waals surface area contributed by atoms with E-state index in [-0.39, 0.29) is 18.4 Å². The summed E-state index contributed by atoms with van der Waals surface area (Å²) in [5, 5.41) is 0. The minimum Gasteiger partial charge on any atom is -0.340 e. The van der Waals surface area contributed by atoms with Crippen molar-refractivity contribution in [1.29, 1.82) is 0 Å². The number of para-hydroxylation sites is 1. The SMILES string of the molecule is CN(Cc1ccccc1)C(=O)CN1C(=O)CSc2ccccc21. The molecule has 0 unspecified atom stereocenters. The first-order chi connectivity index (χ1) is 11.1. The highest BCUT2D eigenvalue weighted by Gasteiger charge is 2.27. The molecule has 0 saturated carbocycles. The molecule has 2 aromatic carbocycles. The van der Waals surface area contributed by atoms with Crippen molar-refractivity contribution in [3.8, 4) is 0 Å². The predicted octanol–water partition coefficient (Wildman–Crippen LogP) is 2.78. The molecule has 1 aliphatic heterocycles. The maximum absolute atomic E-state index is 12.5. The number of rotatable bonds is 4. The van der Waals surface area contributed by atoms with Gasteiger partial charge < -0.3 is 9.80 Å². The molecule has 0 fully saturated rings. The molecule has 0 aromatic heterocycles. The van der Waals surface area contributed by atoms with Crippen molar-refractivity contribution >= 4 is 29.3 Å². The Morgan fingerprint density at radius 1 is 1.13 bits per heavy atom. The standard InChI is InChI=1S/C18H18N2O2S/c1-19(11-14-7-3-2-4-8-14)17(21)12-20-15-9-5-6-10-16(15)23-13-18(20)22/h2-10H,11-13H2,1H3. The highest BCUT2D eigenvalue weighted by molar-refractivity contribution is 8.00. The average Bonchev–Trinajstić information content (AvgIpc) is 2.58. The van der Waals surface area contributed by atoms with E-state index >= 15 is 0 Å². The summed E-state index contributed by atoms with van der Waals surface area (Å²) in [5.74, 6) is 0.297. The van der Waals surface area contributed by atoms with Gasteiger partial charge in [0.1, 0.15) is 6.54 Å². The molecule has 23 heavy (non-hydrogen) atoms. The molecule has 0 atom stereocenters. The van der Waals surface area contributed by atoms with Gasteiger partial charge in [0.25, 0.3) is 0 Å². The molecule has 2 aromatic rings. The number of fused-ring (bicyclic) bond motifs is 1. The van der Waals surface area contributed by atoms with Gasteiger partial charge in [-0.2, -0.15) is 0 Å². The van der Waals surface area contributed by atoms with Crippen molar-refractivity contribution in [1.82, 2.24) is 4.90 Å². The van der Waals surface area contributed by atoms with Gasteiger partial charge in [0.2, 0.25) is 11.8 Å². The van der Waals surface area contributed by atoms with E-state index < -0.39 is 0 Å². The molecule has 0 radical (unpaired) electrons. The Bertz CT molecular complexity index is 718. The summed E-state index contributed by atoms with van der Waals surface area (Å²) in [6.07, 6.45) is 0. The lowest BCUT2D eigenvalue weighted by atomic mass is 10.2. The molecule has 0 bridgehead atoms. The third-order valence-corrected chi connectivity index (χ3v) is 4.84. The number of thioether (sulfide) groups is 1. The molecular weight excluding hydrogens is 308 g/mol. The quantitative estimate of drug-likeness (QED) is 0.867. The Kier molecular flexibility index (Phi) is 4.67. The van der Waals surface area contributed by atoms with Crippen LogP contribution >= 0.6 is 11.8 Å². The molecule has 2 amide bonds. The normalized spacial score (nSPS) is 13.6. The molecule has 0 spiro atoms. The van der Waals surface area contributed by atoms with E-state index in [9.17, 15) is 9.59 Å². The predicted molar refractivity (Wildman–Crippen MR) is 92.4 cm³/mol. The Morgan fingerprint density at radius 2 is 1.83 bits per heavy atom. The summed E-state index contributed by atoms with van der Waals surface area (Å²) in [5.41, 5.74) is 1.90. The van der Waals surface area contributed by atoms with Crippen LogP contribution in [0, 0.1) is 0 Å². The number of amides is 2. The first-order valence-corrected chi connectivity index (χ1v) is 8.44. The molecule has 1 aliphatic rings. The first kappa shape index (κ1) is 15.6. The van der Waals surface area contributed by atoms with Crippen LogP contribution in [0.15, 0.2) is 59.5 Å². The van der Waals surface area contributed by atoms with Crippen LogP contribution in [-0.2, 0) is 16.1 Å². The van der Waals surface area contributed by atoms with Crippen LogP contribution < -0.4 is 4.90 Å². The smallest absolute Gasteiger partial charge is 0.242 e. The zero-order valence-corrected chi connectivity index (χ0v) is 13.8. The number of carbonyl (C=O) groups excluding carboxylic acids is 2. The number of hydrogen-bond acceptors (Lipinski definition) is 3. The van der Waals surface area contributed by atoms with Crippen LogP contribution in [0.1, 0.15) is 5.56 Å². The van der Waals surface area contributed by atoms with Crippen molar-refractivity contribution in [3.63, 3.8) is 0 Å². The number of nitrogens with zero attached hydrogens (tertiary/aromatic N) is 2. The van der Waals surface area contributed by atoms with E-state index in [0.717, 1.165) is 16.1 Å². The fraction of sp³-hybridized carbons (Fsp3) is 0.222. The number of benzene rings is 2. The fourth-order valence-electron chi connectivity index (χ4n) is 2.53. The van der Waals surface area contributed by atoms with Gasteiger partial charge in [-0.25, -0.2) is 0 Å². The number of likely N-dealkylation sites (N-methyl/N-ethyl adjacent to an activating group) is 1. The Balaban J connectivity index is 1.71. The van der Waals surface area contributed by atoms with Gasteiger partial charge in [0, 0.05) is 18.5 Å². The van der Waals surface area contributed by atoms with Gasteiger partial charge in [-0.3, -0.25) is 9.59 Å². The van der Waals surface area contributed by atoms with Gasteiger partial charge in [-0.1, -0.05) is 42.5 Å². The van der Waals surface area contributed by atoms with Gasteiger partial charge in [-0.15, -0.1) is 11.8 Å². The summed E-state index contributed by atoms with van der Waals surface area (Å²) < 4.78 is 0. The summed E-state index contributed by atoms with van der Waals surface area (Å²) in [6.45, 7) is 0.623. The Labute approximate surface area is 140 Å². The van der Waals surface area contributed by atoms with Crippen LogP contribution in [0.3, 0.4) is 0 Å². The van der Waals surface area contributed by atoms with Crippen molar-refractivity contribution < 1.29 is 9.59 Å². The van der Waals surface area contributed by atoms with Gasteiger partial charge >= 0.3 is 0 Å². The largest absolute Gasteiger partial charge is 0.340 e. The van der Waals surface area contributed by atoms with Gasteiger partial charge in [0.15, 0.2) is 0 Å². The second kappa shape index (κ2) is 6.87. The third kappa shape index (κ3) is 3.56. The van der Waals surface area contributed by atoms with E-state index in [1.54, 1.807) is 16.8 Å². The summed E-state index contributed by atoms with van der Waals surface area (Å²) in [6, 6.07) is 17.5. The van der Waals surface area contributed by atoms with Crippen molar-refractivity contribution in [3.05, 3.63) is 60.2 Å². The summed E-state index contributed by atoms with van der Waals surface area (Å²) >= 11 is 1.52.